The molecule has 0 aliphatic carbocycles. The van der Waals surface area contributed by atoms with Crippen molar-refractivity contribution in [3.05, 3.63) is 94.8 Å². The van der Waals surface area contributed by atoms with Crippen LogP contribution in [0.1, 0.15) is 32.6 Å². The van der Waals surface area contributed by atoms with Crippen molar-refractivity contribution >= 4 is 17.4 Å². The van der Waals surface area contributed by atoms with E-state index in [2.05, 4.69) is 17.4 Å². The highest BCUT2D eigenvalue weighted by Gasteiger charge is 2.14. The molecule has 0 atom stereocenters. The lowest BCUT2D eigenvalue weighted by atomic mass is 10.0. The van der Waals surface area contributed by atoms with Gasteiger partial charge in [-0.3, -0.25) is 9.59 Å². The Morgan fingerprint density at radius 1 is 0.852 bits per heavy atom. The van der Waals surface area contributed by atoms with Gasteiger partial charge in [0.15, 0.2) is 18.2 Å². The fraction of sp³-hybridized carbons (Fsp3) is 0.174. The Balaban J connectivity index is 1.68. The van der Waals surface area contributed by atoms with Crippen molar-refractivity contribution in [2.75, 3.05) is 5.32 Å². The Kier molecular flexibility index (Phi) is 5.46. The highest BCUT2D eigenvalue weighted by molar-refractivity contribution is 6.08. The Labute approximate surface area is 159 Å². The smallest absolute Gasteiger partial charge is 0.290 e. The normalized spacial score (nSPS) is 10.5. The maximum atomic E-state index is 12.4. The number of aromatic nitrogens is 1. The topological polar surface area (TPSA) is 50.1 Å². The third kappa shape index (κ3) is 4.47. The van der Waals surface area contributed by atoms with E-state index < -0.39 is 0 Å². The second-order valence-electron chi connectivity index (χ2n) is 6.78. The van der Waals surface area contributed by atoms with Gasteiger partial charge in [0.05, 0.1) is 0 Å². The van der Waals surface area contributed by atoms with E-state index in [-0.39, 0.29) is 18.2 Å². The lowest BCUT2D eigenvalue weighted by Gasteiger charge is -2.11. The van der Waals surface area contributed by atoms with Crippen molar-refractivity contribution in [2.45, 2.75) is 27.3 Å². The molecule has 3 aromatic rings. The molecule has 0 unspecified atom stereocenters. The second-order valence-corrected chi connectivity index (χ2v) is 6.78. The molecule has 136 valence electrons. The van der Waals surface area contributed by atoms with Gasteiger partial charge >= 0.3 is 0 Å². The number of ketones is 1. The molecule has 0 aliphatic heterocycles. The minimum absolute atomic E-state index is 0.0295. The lowest BCUT2D eigenvalue weighted by Crippen LogP contribution is -2.39. The Morgan fingerprint density at radius 2 is 1.41 bits per heavy atom. The van der Waals surface area contributed by atoms with Gasteiger partial charge in [-0.25, -0.2) is 0 Å². The molecule has 27 heavy (non-hydrogen) atoms. The van der Waals surface area contributed by atoms with Gasteiger partial charge in [0.25, 0.3) is 5.91 Å². The van der Waals surface area contributed by atoms with Gasteiger partial charge in [0.1, 0.15) is 0 Å². The van der Waals surface area contributed by atoms with Gasteiger partial charge < -0.3 is 5.32 Å². The molecule has 0 fully saturated rings. The van der Waals surface area contributed by atoms with Crippen LogP contribution in [-0.4, -0.2) is 11.7 Å². The van der Waals surface area contributed by atoms with E-state index in [9.17, 15) is 9.59 Å². The van der Waals surface area contributed by atoms with Crippen LogP contribution in [0.25, 0.3) is 0 Å². The summed E-state index contributed by atoms with van der Waals surface area (Å²) in [6, 6.07) is 16.7. The number of nitrogens with zero attached hydrogens (tertiary/aromatic N) is 1. The number of carbonyl (C=O) groups is 2. The van der Waals surface area contributed by atoms with Crippen LogP contribution in [0.4, 0.5) is 5.69 Å². The van der Waals surface area contributed by atoms with Gasteiger partial charge in [-0.1, -0.05) is 48.0 Å². The zero-order chi connectivity index (χ0) is 19.4. The van der Waals surface area contributed by atoms with E-state index in [4.69, 9.17) is 0 Å². The first-order chi connectivity index (χ1) is 12.9. The summed E-state index contributed by atoms with van der Waals surface area (Å²) in [6.45, 7) is 6.21. The summed E-state index contributed by atoms with van der Waals surface area (Å²) < 4.78 is 1.76. The van der Waals surface area contributed by atoms with Crippen LogP contribution in [0.15, 0.2) is 67.0 Å². The number of nitrogens with one attached hydrogen (secondary N) is 1. The fourth-order valence-electron chi connectivity index (χ4n) is 3.19. The second kappa shape index (κ2) is 7.96. The maximum absolute atomic E-state index is 12.4. The number of hydrogen-bond donors (Lipinski definition) is 1. The van der Waals surface area contributed by atoms with Crippen molar-refractivity contribution in [3.63, 3.8) is 0 Å². The number of anilines is 1. The molecule has 3 rings (SSSR count). The highest BCUT2D eigenvalue weighted by atomic mass is 16.2. The largest absolute Gasteiger partial charge is 0.320 e. The number of benzene rings is 2. The number of amides is 1. The summed E-state index contributed by atoms with van der Waals surface area (Å²) in [4.78, 5) is 24.8. The molecule has 1 aromatic heterocycles. The average molecular weight is 359 g/mol. The van der Waals surface area contributed by atoms with Crippen molar-refractivity contribution in [2.24, 2.45) is 0 Å². The van der Waals surface area contributed by atoms with Crippen LogP contribution in [0, 0.1) is 20.8 Å². The van der Waals surface area contributed by atoms with Crippen molar-refractivity contribution in [1.82, 2.24) is 0 Å². The van der Waals surface area contributed by atoms with Gasteiger partial charge in [-0.05, 0) is 31.9 Å². The highest BCUT2D eigenvalue weighted by Crippen LogP contribution is 2.21. The number of hydrogen-bond acceptors (Lipinski definition) is 2. The molecule has 0 aliphatic rings. The monoisotopic (exact) mass is 359 g/mol. The van der Waals surface area contributed by atoms with Gasteiger partial charge in [0, 0.05) is 28.9 Å². The van der Waals surface area contributed by atoms with E-state index in [0.29, 0.717) is 11.1 Å². The summed E-state index contributed by atoms with van der Waals surface area (Å²) >= 11 is 0. The zero-order valence-electron chi connectivity index (χ0n) is 15.8. The third-order valence-electron chi connectivity index (χ3n) is 4.46. The number of pyridine rings is 1. The van der Waals surface area contributed by atoms with Crippen LogP contribution in [0.2, 0.25) is 0 Å². The number of aryl methyl sites for hydroxylation is 3. The standard InChI is InChI=1S/C23H22N2O2/c1-16-13-17(2)22(18(3)14-16)24-21(26)15-25-11-9-20(10-12-25)23(27)19-7-5-4-6-8-19/h4-14H,15H2,1-3H3/p+1. The maximum Gasteiger partial charge on any atom is 0.290 e. The van der Waals surface area contributed by atoms with Crippen LogP contribution in [-0.2, 0) is 11.3 Å². The molecular formula is C23H23N2O2+. The molecule has 1 N–H and O–H groups in total. The van der Waals surface area contributed by atoms with Crippen molar-refractivity contribution in [3.8, 4) is 0 Å². The zero-order valence-corrected chi connectivity index (χ0v) is 15.8. The first kappa shape index (κ1) is 18.5. The summed E-state index contributed by atoms with van der Waals surface area (Å²) in [5, 5.41) is 2.99. The molecule has 1 amide bonds. The molecule has 4 nitrogen and oxygen atoms in total. The number of rotatable bonds is 5. The van der Waals surface area contributed by atoms with Gasteiger partial charge in [0.2, 0.25) is 6.54 Å². The first-order valence-corrected chi connectivity index (χ1v) is 8.90. The Morgan fingerprint density at radius 3 is 2.00 bits per heavy atom. The molecule has 4 heteroatoms. The fourth-order valence-corrected chi connectivity index (χ4v) is 3.19. The average Bonchev–Trinajstić information content (AvgIpc) is 2.65. The summed E-state index contributed by atoms with van der Waals surface area (Å²) in [5.41, 5.74) is 5.39. The number of carbonyl (C=O) groups excluding carboxylic acids is 2. The van der Waals surface area contributed by atoms with Crippen LogP contribution in [0.3, 0.4) is 0 Å². The van der Waals surface area contributed by atoms with E-state index in [1.807, 2.05) is 39.0 Å². The minimum atomic E-state index is -0.0998. The Bertz CT molecular complexity index is 954. The van der Waals surface area contributed by atoms with Gasteiger partial charge in [-0.15, -0.1) is 0 Å². The predicted molar refractivity (Wildman–Crippen MR) is 106 cm³/mol. The van der Waals surface area contributed by atoms with Crippen molar-refractivity contribution < 1.29 is 14.2 Å². The van der Waals surface area contributed by atoms with E-state index in [1.165, 1.54) is 5.56 Å². The molecule has 0 bridgehead atoms. The SMILES string of the molecule is Cc1cc(C)c(NC(=O)C[n+]2ccc(C(=O)c3ccccc3)cc2)c(C)c1. The third-order valence-corrected chi connectivity index (χ3v) is 4.46. The van der Waals surface area contributed by atoms with Crippen LogP contribution < -0.4 is 9.88 Å². The predicted octanol–water partition coefficient (Wildman–Crippen LogP) is 3.77. The molecular weight excluding hydrogens is 336 g/mol. The molecule has 1 heterocycles. The van der Waals surface area contributed by atoms with E-state index >= 15 is 0 Å². The van der Waals surface area contributed by atoms with Crippen LogP contribution >= 0.6 is 0 Å². The van der Waals surface area contributed by atoms with Gasteiger partial charge in [-0.2, -0.15) is 4.57 Å². The molecule has 2 aromatic carbocycles. The molecule has 0 spiro atoms. The first-order valence-electron chi connectivity index (χ1n) is 8.90. The Hall–Kier alpha value is -3.27. The molecule has 0 saturated carbocycles. The van der Waals surface area contributed by atoms with Crippen molar-refractivity contribution in [1.29, 1.82) is 0 Å². The van der Waals surface area contributed by atoms with E-state index in [0.717, 1.165) is 16.8 Å². The molecule has 0 radical (unpaired) electrons. The molecule has 0 saturated heterocycles. The summed E-state index contributed by atoms with van der Waals surface area (Å²) in [6.07, 6.45) is 3.51. The van der Waals surface area contributed by atoms with Crippen LogP contribution in [0.5, 0.6) is 0 Å². The quantitative estimate of drug-likeness (QED) is 0.557. The lowest BCUT2D eigenvalue weighted by molar-refractivity contribution is -0.684. The summed E-state index contributed by atoms with van der Waals surface area (Å²) in [5.74, 6) is -0.129. The minimum Gasteiger partial charge on any atom is -0.320 e. The van der Waals surface area contributed by atoms with E-state index in [1.54, 1.807) is 41.2 Å². The summed E-state index contributed by atoms with van der Waals surface area (Å²) in [7, 11) is 0.